The zero-order chi connectivity index (χ0) is 15.9. The van der Waals surface area contributed by atoms with Crippen LogP contribution in [-0.4, -0.2) is 6.04 Å². The third-order valence-electron chi connectivity index (χ3n) is 6.82. The normalized spacial score (nSPS) is 34.4. The SMILES string of the molecule is c1ccc(-c2ccc(CNC3CC4CC5CCC3C(C5)C4)s2)cc1. The number of hydrogen-bond donors (Lipinski definition) is 1. The average molecular weight is 338 g/mol. The highest BCUT2D eigenvalue weighted by Gasteiger charge is 2.45. The van der Waals surface area contributed by atoms with E-state index in [1.54, 1.807) is 0 Å². The minimum Gasteiger partial charge on any atom is -0.309 e. The van der Waals surface area contributed by atoms with Gasteiger partial charge in [-0.05, 0) is 73.5 Å². The maximum Gasteiger partial charge on any atom is 0.0346 e. The van der Waals surface area contributed by atoms with Crippen molar-refractivity contribution in [3.05, 3.63) is 47.3 Å². The third kappa shape index (κ3) is 2.84. The molecule has 0 aliphatic heterocycles. The van der Waals surface area contributed by atoms with Crippen molar-refractivity contribution >= 4 is 11.3 Å². The van der Waals surface area contributed by atoms with Crippen LogP contribution in [0.2, 0.25) is 0 Å². The Bertz CT molecular complexity index is 685. The number of fused-ring (bicyclic) bond motifs is 2. The molecule has 1 aromatic heterocycles. The molecule has 24 heavy (non-hydrogen) atoms. The first-order valence-corrected chi connectivity index (χ1v) is 10.5. The van der Waals surface area contributed by atoms with Gasteiger partial charge in [0.1, 0.15) is 0 Å². The quantitative estimate of drug-likeness (QED) is 0.752. The molecule has 2 heteroatoms. The second-order valence-corrected chi connectivity index (χ2v) is 9.46. The average Bonchev–Trinajstić information content (AvgIpc) is 3.08. The lowest BCUT2D eigenvalue weighted by molar-refractivity contribution is 0.00613. The van der Waals surface area contributed by atoms with E-state index in [4.69, 9.17) is 0 Å². The van der Waals surface area contributed by atoms with Crippen LogP contribution in [0.3, 0.4) is 0 Å². The molecule has 5 rings (SSSR count). The Morgan fingerprint density at radius 1 is 0.875 bits per heavy atom. The van der Waals surface area contributed by atoms with E-state index >= 15 is 0 Å². The molecular weight excluding hydrogens is 310 g/mol. The molecule has 5 unspecified atom stereocenters. The Morgan fingerprint density at radius 2 is 1.75 bits per heavy atom. The van der Waals surface area contributed by atoms with Crippen LogP contribution in [0.4, 0.5) is 0 Å². The van der Waals surface area contributed by atoms with Gasteiger partial charge in [-0.2, -0.15) is 0 Å². The second-order valence-electron chi connectivity index (χ2n) is 8.30. The first-order valence-electron chi connectivity index (χ1n) is 9.72. The minimum absolute atomic E-state index is 0.775. The van der Waals surface area contributed by atoms with Crippen molar-refractivity contribution in [2.24, 2.45) is 23.7 Å². The van der Waals surface area contributed by atoms with Crippen LogP contribution in [0.5, 0.6) is 0 Å². The van der Waals surface area contributed by atoms with Crippen molar-refractivity contribution in [2.45, 2.75) is 51.1 Å². The van der Waals surface area contributed by atoms with Gasteiger partial charge < -0.3 is 5.32 Å². The van der Waals surface area contributed by atoms with E-state index < -0.39 is 0 Å². The van der Waals surface area contributed by atoms with Crippen LogP contribution >= 0.6 is 11.3 Å². The molecule has 3 fully saturated rings. The molecule has 1 nitrogen and oxygen atoms in total. The summed E-state index contributed by atoms with van der Waals surface area (Å²) in [6.45, 7) is 1.06. The van der Waals surface area contributed by atoms with Crippen LogP contribution < -0.4 is 5.32 Å². The highest BCUT2D eigenvalue weighted by molar-refractivity contribution is 7.15. The summed E-state index contributed by atoms with van der Waals surface area (Å²) >= 11 is 1.95. The first kappa shape index (κ1) is 15.2. The van der Waals surface area contributed by atoms with Crippen molar-refractivity contribution < 1.29 is 0 Å². The Morgan fingerprint density at radius 3 is 2.67 bits per heavy atom. The number of benzene rings is 1. The van der Waals surface area contributed by atoms with Gasteiger partial charge in [-0.15, -0.1) is 11.3 Å². The molecule has 1 heterocycles. The van der Waals surface area contributed by atoms with Crippen molar-refractivity contribution in [2.75, 3.05) is 0 Å². The van der Waals surface area contributed by atoms with Gasteiger partial charge in [-0.1, -0.05) is 36.8 Å². The van der Waals surface area contributed by atoms with Crippen molar-refractivity contribution in [3.63, 3.8) is 0 Å². The van der Waals surface area contributed by atoms with Gasteiger partial charge in [0.05, 0.1) is 0 Å². The predicted octanol–water partition coefficient (Wildman–Crippen LogP) is 5.72. The van der Waals surface area contributed by atoms with E-state index in [2.05, 4.69) is 47.8 Å². The number of hydrogen-bond acceptors (Lipinski definition) is 2. The smallest absolute Gasteiger partial charge is 0.0346 e. The minimum atomic E-state index is 0.775. The summed E-state index contributed by atoms with van der Waals surface area (Å²) in [5, 5.41) is 3.97. The van der Waals surface area contributed by atoms with Crippen molar-refractivity contribution in [1.29, 1.82) is 0 Å². The molecule has 126 valence electrons. The van der Waals surface area contributed by atoms with E-state index in [1.807, 2.05) is 11.3 Å². The molecule has 3 bridgehead atoms. The van der Waals surface area contributed by atoms with Gasteiger partial charge in [0.2, 0.25) is 0 Å². The molecule has 0 saturated heterocycles. The zero-order valence-electron chi connectivity index (χ0n) is 14.3. The molecule has 0 spiro atoms. The third-order valence-corrected chi connectivity index (χ3v) is 7.95. The lowest BCUT2D eigenvalue weighted by atomic mass is 9.56. The molecule has 0 amide bonds. The Hall–Kier alpha value is -1.12. The molecular formula is C22H27NS. The molecule has 2 aromatic rings. The summed E-state index contributed by atoms with van der Waals surface area (Å²) < 4.78 is 0. The van der Waals surface area contributed by atoms with E-state index in [1.165, 1.54) is 53.8 Å². The van der Waals surface area contributed by atoms with E-state index in [-0.39, 0.29) is 0 Å². The molecule has 1 aromatic carbocycles. The van der Waals surface area contributed by atoms with Gasteiger partial charge >= 0.3 is 0 Å². The van der Waals surface area contributed by atoms with Crippen molar-refractivity contribution in [1.82, 2.24) is 5.32 Å². The molecule has 3 aliphatic rings. The summed E-state index contributed by atoms with van der Waals surface area (Å²) in [6.07, 6.45) is 9.03. The molecule has 3 saturated carbocycles. The lowest BCUT2D eigenvalue weighted by Gasteiger charge is -2.52. The largest absolute Gasteiger partial charge is 0.309 e. The van der Waals surface area contributed by atoms with E-state index in [9.17, 15) is 0 Å². The standard InChI is InChI=1S/C22H27NS/c1-2-4-17(5-3-1)22-9-7-19(24-22)14-23-21-13-16-10-15-6-8-20(21)18(11-15)12-16/h1-5,7,9,15-16,18,20-21,23H,6,8,10-14H2. The predicted molar refractivity (Wildman–Crippen MR) is 102 cm³/mol. The van der Waals surface area contributed by atoms with Gasteiger partial charge in [0, 0.05) is 22.3 Å². The summed E-state index contributed by atoms with van der Waals surface area (Å²) in [4.78, 5) is 2.88. The number of nitrogens with one attached hydrogen (secondary N) is 1. The van der Waals surface area contributed by atoms with Crippen LogP contribution in [0.1, 0.15) is 43.4 Å². The fraction of sp³-hybridized carbons (Fsp3) is 0.545. The van der Waals surface area contributed by atoms with Crippen LogP contribution in [0.15, 0.2) is 42.5 Å². The van der Waals surface area contributed by atoms with Crippen LogP contribution in [0, 0.1) is 23.7 Å². The fourth-order valence-electron chi connectivity index (χ4n) is 5.82. The van der Waals surface area contributed by atoms with Gasteiger partial charge in [0.25, 0.3) is 0 Å². The van der Waals surface area contributed by atoms with E-state index in [0.717, 1.165) is 36.3 Å². The van der Waals surface area contributed by atoms with Crippen molar-refractivity contribution in [3.8, 4) is 10.4 Å². The maximum atomic E-state index is 3.97. The highest BCUT2D eigenvalue weighted by Crippen LogP contribution is 2.52. The Kier molecular flexibility index (Phi) is 3.99. The van der Waals surface area contributed by atoms with E-state index in [0.29, 0.717) is 0 Å². The Labute approximate surface area is 149 Å². The molecule has 0 radical (unpaired) electrons. The van der Waals surface area contributed by atoms with Gasteiger partial charge in [-0.3, -0.25) is 0 Å². The highest BCUT2D eigenvalue weighted by atomic mass is 32.1. The van der Waals surface area contributed by atoms with Crippen LogP contribution in [0.25, 0.3) is 10.4 Å². The fourth-order valence-corrected chi connectivity index (χ4v) is 6.78. The molecule has 3 aliphatic carbocycles. The number of rotatable bonds is 4. The first-order chi connectivity index (χ1) is 11.8. The second kappa shape index (κ2) is 6.31. The monoisotopic (exact) mass is 337 g/mol. The summed E-state index contributed by atoms with van der Waals surface area (Å²) in [6, 6.07) is 16.2. The Balaban J connectivity index is 1.26. The molecule has 1 N–H and O–H groups in total. The summed E-state index contributed by atoms with van der Waals surface area (Å²) in [7, 11) is 0. The number of thiophene rings is 1. The zero-order valence-corrected chi connectivity index (χ0v) is 15.1. The summed E-state index contributed by atoms with van der Waals surface area (Å²) in [5.41, 5.74) is 1.35. The topological polar surface area (TPSA) is 12.0 Å². The molecule has 5 atom stereocenters. The summed E-state index contributed by atoms with van der Waals surface area (Å²) in [5.74, 6) is 4.10. The van der Waals surface area contributed by atoms with Gasteiger partial charge in [0.15, 0.2) is 0 Å². The van der Waals surface area contributed by atoms with Crippen LogP contribution in [-0.2, 0) is 6.54 Å². The maximum absolute atomic E-state index is 3.97. The lowest BCUT2D eigenvalue weighted by Crippen LogP contribution is -2.50. The van der Waals surface area contributed by atoms with Gasteiger partial charge in [-0.25, -0.2) is 0 Å².